The van der Waals surface area contributed by atoms with Crippen molar-refractivity contribution < 1.29 is 24.0 Å². The Labute approximate surface area is 132 Å². The summed E-state index contributed by atoms with van der Waals surface area (Å²) in [7, 11) is 2.94. The van der Waals surface area contributed by atoms with Crippen LogP contribution in [0.4, 0.5) is 14.9 Å². The van der Waals surface area contributed by atoms with Gasteiger partial charge in [0.1, 0.15) is 5.82 Å². The summed E-state index contributed by atoms with van der Waals surface area (Å²) < 4.78 is 19.2. The zero-order chi connectivity index (χ0) is 17.5. The Morgan fingerprint density at radius 3 is 2.61 bits per heavy atom. The predicted molar refractivity (Wildman–Crippen MR) is 78.5 cm³/mol. The van der Waals surface area contributed by atoms with Gasteiger partial charge in [-0.1, -0.05) is 11.6 Å². The van der Waals surface area contributed by atoms with Gasteiger partial charge in [-0.05, 0) is 6.07 Å². The molecule has 0 radical (unpaired) electrons. The Kier molecular flexibility index (Phi) is 4.10. The normalized spacial score (nSPS) is 10.6. The van der Waals surface area contributed by atoms with E-state index in [1.807, 2.05) is 0 Å². The number of fused-ring (bicyclic) bond motifs is 1. The molecular weight excluding hydrogens is 337 g/mol. The second-order valence-corrected chi connectivity index (χ2v) is 4.93. The van der Waals surface area contributed by atoms with Crippen LogP contribution in [-0.4, -0.2) is 35.0 Å². The molecule has 2 rings (SSSR count). The van der Waals surface area contributed by atoms with Crippen molar-refractivity contribution in [2.45, 2.75) is 0 Å². The lowest BCUT2D eigenvalue weighted by atomic mass is 10.1. The highest BCUT2D eigenvalue weighted by Gasteiger charge is 2.28. The molecule has 0 aliphatic heterocycles. The van der Waals surface area contributed by atoms with E-state index in [9.17, 15) is 24.1 Å². The number of hydrogen-bond donors (Lipinski definition) is 1. The van der Waals surface area contributed by atoms with Gasteiger partial charge in [-0.15, -0.1) is 0 Å². The van der Waals surface area contributed by atoms with Gasteiger partial charge in [-0.3, -0.25) is 19.6 Å². The molecule has 1 aromatic carbocycles. The Morgan fingerprint density at radius 2 is 2.13 bits per heavy atom. The Balaban J connectivity index is 3.07. The van der Waals surface area contributed by atoms with E-state index in [1.54, 1.807) is 0 Å². The van der Waals surface area contributed by atoms with E-state index in [2.05, 4.69) is 4.74 Å². The van der Waals surface area contributed by atoms with E-state index >= 15 is 0 Å². The third-order valence-electron chi connectivity index (χ3n) is 2.92. The van der Waals surface area contributed by atoms with Crippen LogP contribution in [0.2, 0.25) is 5.02 Å². The van der Waals surface area contributed by atoms with Crippen LogP contribution in [0.15, 0.2) is 17.1 Å². The molecule has 0 saturated heterocycles. The van der Waals surface area contributed by atoms with Crippen molar-refractivity contribution in [2.24, 2.45) is 0 Å². The second-order valence-electron chi connectivity index (χ2n) is 4.56. The van der Waals surface area contributed by atoms with Gasteiger partial charge in [0, 0.05) is 14.1 Å². The van der Waals surface area contributed by atoms with E-state index in [4.69, 9.17) is 16.7 Å². The first-order chi connectivity index (χ1) is 10.6. The highest BCUT2D eigenvalue weighted by atomic mass is 35.5. The summed E-state index contributed by atoms with van der Waals surface area (Å²) in [5, 5.41) is 20.0. The van der Waals surface area contributed by atoms with E-state index in [0.717, 1.165) is 10.9 Å². The molecule has 0 bridgehead atoms. The third-order valence-corrected chi connectivity index (χ3v) is 3.28. The van der Waals surface area contributed by atoms with E-state index in [-0.39, 0.29) is 5.52 Å². The van der Waals surface area contributed by atoms with Crippen LogP contribution in [0, 0.1) is 15.9 Å². The SMILES string of the molecule is CN(C)n1cc(OC(=O)O)c(=O)c2cc(F)c(Cl)c([N+](=O)[O-])c21. The monoisotopic (exact) mass is 345 g/mol. The number of benzene rings is 1. The van der Waals surface area contributed by atoms with E-state index in [1.165, 1.54) is 19.1 Å². The third kappa shape index (κ3) is 2.75. The number of carboxylic acid groups (broad SMARTS) is 1. The first kappa shape index (κ1) is 16.5. The molecule has 23 heavy (non-hydrogen) atoms. The fourth-order valence-electron chi connectivity index (χ4n) is 2.02. The van der Waals surface area contributed by atoms with Gasteiger partial charge in [0.05, 0.1) is 16.5 Å². The van der Waals surface area contributed by atoms with Crippen LogP contribution in [0.5, 0.6) is 5.75 Å². The summed E-state index contributed by atoms with van der Waals surface area (Å²) in [5.74, 6) is -1.81. The van der Waals surface area contributed by atoms with Crippen LogP contribution in [0.3, 0.4) is 0 Å². The molecule has 9 nitrogen and oxygen atoms in total. The molecule has 1 heterocycles. The molecule has 1 aromatic heterocycles. The Morgan fingerprint density at radius 1 is 1.52 bits per heavy atom. The average molecular weight is 346 g/mol. The minimum Gasteiger partial charge on any atom is -0.449 e. The summed E-state index contributed by atoms with van der Waals surface area (Å²) in [4.78, 5) is 33.2. The minimum absolute atomic E-state index is 0.283. The number of ether oxygens (including phenoxy) is 1. The van der Waals surface area contributed by atoms with Crippen LogP contribution < -0.4 is 15.2 Å². The van der Waals surface area contributed by atoms with Gasteiger partial charge in [0.2, 0.25) is 11.2 Å². The van der Waals surface area contributed by atoms with Gasteiger partial charge >= 0.3 is 11.8 Å². The lowest BCUT2D eigenvalue weighted by molar-refractivity contribution is -0.383. The lowest BCUT2D eigenvalue weighted by Gasteiger charge is -2.20. The predicted octanol–water partition coefficient (Wildman–Crippen LogP) is 1.96. The summed E-state index contributed by atoms with van der Waals surface area (Å²) in [6.45, 7) is 0. The molecule has 0 amide bonds. The maximum absolute atomic E-state index is 13.8. The molecule has 0 atom stereocenters. The first-order valence-corrected chi connectivity index (χ1v) is 6.33. The van der Waals surface area contributed by atoms with Crippen molar-refractivity contribution in [1.82, 2.24) is 4.68 Å². The number of pyridine rings is 1. The Hall–Kier alpha value is -2.88. The average Bonchev–Trinajstić information content (AvgIpc) is 2.42. The fraction of sp³-hybridized carbons (Fsp3) is 0.167. The van der Waals surface area contributed by atoms with Gasteiger partial charge < -0.3 is 14.9 Å². The molecule has 0 fully saturated rings. The van der Waals surface area contributed by atoms with Crippen molar-refractivity contribution in [3.8, 4) is 5.75 Å². The quantitative estimate of drug-likeness (QED) is 0.513. The van der Waals surface area contributed by atoms with E-state index in [0.29, 0.717) is 6.07 Å². The topological polar surface area (TPSA) is 115 Å². The molecule has 122 valence electrons. The molecular formula is C12H9ClFN3O6. The van der Waals surface area contributed by atoms with Gasteiger partial charge in [0.15, 0.2) is 10.5 Å². The summed E-state index contributed by atoms with van der Waals surface area (Å²) in [5.41, 5.74) is -2.11. The molecule has 0 unspecified atom stereocenters. The van der Waals surface area contributed by atoms with Crippen LogP contribution >= 0.6 is 11.6 Å². The standard InChI is InChI=1S/C12H9ClFN3O6/c1-15(2)16-4-7(23-12(19)20)11(18)5-3-6(14)8(13)10(9(5)16)17(21)22/h3-4H,1-2H3,(H,19,20). The van der Waals surface area contributed by atoms with Crippen LogP contribution in [-0.2, 0) is 0 Å². The number of rotatable bonds is 3. The number of halogens is 2. The zero-order valence-electron chi connectivity index (χ0n) is 11.7. The molecule has 0 aliphatic carbocycles. The van der Waals surface area contributed by atoms with Crippen LogP contribution in [0.1, 0.15) is 0 Å². The van der Waals surface area contributed by atoms with Gasteiger partial charge in [0.25, 0.3) is 0 Å². The summed E-state index contributed by atoms with van der Waals surface area (Å²) in [6, 6.07) is 0.696. The number of hydrogen-bond acceptors (Lipinski definition) is 6. The van der Waals surface area contributed by atoms with Crippen molar-refractivity contribution in [3.63, 3.8) is 0 Å². The van der Waals surface area contributed by atoms with Crippen molar-refractivity contribution >= 4 is 34.3 Å². The maximum atomic E-state index is 13.8. The maximum Gasteiger partial charge on any atom is 0.511 e. The molecule has 11 heteroatoms. The number of carbonyl (C=O) groups is 1. The molecule has 0 saturated carbocycles. The highest BCUT2D eigenvalue weighted by Crippen LogP contribution is 2.35. The van der Waals surface area contributed by atoms with Gasteiger partial charge in [-0.25, -0.2) is 9.18 Å². The van der Waals surface area contributed by atoms with Crippen molar-refractivity contribution in [1.29, 1.82) is 0 Å². The number of nitro groups is 1. The fourth-order valence-corrected chi connectivity index (χ4v) is 2.24. The number of nitro benzene ring substituents is 1. The molecule has 1 N–H and O–H groups in total. The highest BCUT2D eigenvalue weighted by molar-refractivity contribution is 6.34. The van der Waals surface area contributed by atoms with Gasteiger partial charge in [-0.2, -0.15) is 0 Å². The molecule has 2 aromatic rings. The summed E-state index contributed by atoms with van der Waals surface area (Å²) in [6.07, 6.45) is -0.810. The molecule has 0 spiro atoms. The molecule has 0 aliphatic rings. The van der Waals surface area contributed by atoms with Crippen molar-refractivity contribution in [3.05, 3.63) is 43.4 Å². The minimum atomic E-state index is -1.75. The first-order valence-electron chi connectivity index (χ1n) is 5.95. The summed E-state index contributed by atoms with van der Waals surface area (Å²) >= 11 is 5.64. The van der Waals surface area contributed by atoms with Crippen LogP contribution in [0.25, 0.3) is 10.9 Å². The second kappa shape index (κ2) is 5.72. The number of aromatic nitrogens is 1. The largest absolute Gasteiger partial charge is 0.511 e. The number of nitrogens with zero attached hydrogens (tertiary/aromatic N) is 3. The lowest BCUT2D eigenvalue weighted by Crippen LogP contribution is -2.28. The zero-order valence-corrected chi connectivity index (χ0v) is 12.5. The Bertz CT molecular complexity index is 895. The van der Waals surface area contributed by atoms with E-state index < -0.39 is 44.2 Å². The van der Waals surface area contributed by atoms with Crippen molar-refractivity contribution in [2.75, 3.05) is 19.1 Å². The smallest absolute Gasteiger partial charge is 0.449 e.